The second-order valence-corrected chi connectivity index (χ2v) is 6.17. The summed E-state index contributed by atoms with van der Waals surface area (Å²) in [6.45, 7) is 0.449. The van der Waals surface area contributed by atoms with Gasteiger partial charge in [-0.2, -0.15) is 10.5 Å². The van der Waals surface area contributed by atoms with Gasteiger partial charge in [0.25, 0.3) is 5.56 Å². The van der Waals surface area contributed by atoms with Crippen molar-refractivity contribution in [1.82, 2.24) is 4.98 Å². The summed E-state index contributed by atoms with van der Waals surface area (Å²) in [6.07, 6.45) is 0.730. The first-order chi connectivity index (χ1) is 14.1. The predicted molar refractivity (Wildman–Crippen MR) is 109 cm³/mol. The molecule has 7 heteroatoms. The van der Waals surface area contributed by atoms with Gasteiger partial charge in [-0.05, 0) is 23.3 Å². The highest BCUT2D eigenvalue weighted by Crippen LogP contribution is 2.35. The molecule has 0 saturated carbocycles. The average Bonchev–Trinajstić information content (AvgIpc) is 2.74. The van der Waals surface area contributed by atoms with Crippen LogP contribution in [0.4, 0.5) is 5.82 Å². The van der Waals surface area contributed by atoms with Crippen molar-refractivity contribution in [3.8, 4) is 34.8 Å². The zero-order valence-corrected chi connectivity index (χ0v) is 15.7. The first kappa shape index (κ1) is 19.5. The van der Waals surface area contributed by atoms with E-state index < -0.39 is 5.56 Å². The minimum absolute atomic E-state index is 0.0287. The molecule has 0 spiro atoms. The molecule has 0 atom stereocenters. The van der Waals surface area contributed by atoms with Crippen molar-refractivity contribution in [3.05, 3.63) is 75.6 Å². The van der Waals surface area contributed by atoms with Crippen LogP contribution in [0.3, 0.4) is 0 Å². The lowest BCUT2D eigenvalue weighted by Gasteiger charge is -2.14. The maximum absolute atomic E-state index is 12.1. The van der Waals surface area contributed by atoms with E-state index in [0.29, 0.717) is 23.7 Å². The molecule has 3 rings (SSSR count). The summed E-state index contributed by atoms with van der Waals surface area (Å²) < 4.78 is 11.2. The Hall–Kier alpha value is -4.23. The number of pyridine rings is 1. The van der Waals surface area contributed by atoms with Crippen molar-refractivity contribution in [1.29, 1.82) is 10.5 Å². The lowest BCUT2D eigenvalue weighted by atomic mass is 9.96. The lowest BCUT2D eigenvalue weighted by Crippen LogP contribution is -2.16. The molecule has 1 heterocycles. The van der Waals surface area contributed by atoms with Crippen LogP contribution in [0, 0.1) is 22.7 Å². The number of hydrogen-bond acceptors (Lipinski definition) is 6. The number of benzene rings is 2. The van der Waals surface area contributed by atoms with Crippen LogP contribution in [0.5, 0.6) is 11.5 Å². The molecule has 2 aromatic carbocycles. The fraction of sp³-hybridized carbons (Fsp3) is 0.136. The van der Waals surface area contributed by atoms with Gasteiger partial charge in [0, 0.05) is 12.0 Å². The number of H-pyrrole nitrogens is 1. The quantitative estimate of drug-likeness (QED) is 0.671. The molecule has 0 amide bonds. The molecule has 3 aromatic rings. The van der Waals surface area contributed by atoms with Gasteiger partial charge < -0.3 is 20.2 Å². The van der Waals surface area contributed by atoms with Gasteiger partial charge in [0.15, 0.2) is 11.5 Å². The van der Waals surface area contributed by atoms with Crippen molar-refractivity contribution in [2.24, 2.45) is 0 Å². The predicted octanol–water partition coefficient (Wildman–Crippen LogP) is 3.00. The van der Waals surface area contributed by atoms with Gasteiger partial charge in [0.05, 0.1) is 13.7 Å². The molecule has 3 N–H and O–H groups in total. The highest BCUT2D eigenvalue weighted by molar-refractivity contribution is 5.81. The van der Waals surface area contributed by atoms with Crippen molar-refractivity contribution in [2.45, 2.75) is 6.42 Å². The molecule has 0 aliphatic heterocycles. The molecule has 0 radical (unpaired) electrons. The fourth-order valence-electron chi connectivity index (χ4n) is 3.00. The van der Waals surface area contributed by atoms with Crippen LogP contribution < -0.4 is 20.8 Å². The highest BCUT2D eigenvalue weighted by atomic mass is 16.5. The highest BCUT2D eigenvalue weighted by Gasteiger charge is 2.19. The Kier molecular flexibility index (Phi) is 5.82. The van der Waals surface area contributed by atoms with Gasteiger partial charge in [-0.25, -0.2) is 0 Å². The number of anilines is 1. The number of ether oxygens (including phenoxy) is 2. The second kappa shape index (κ2) is 8.64. The van der Waals surface area contributed by atoms with E-state index in [1.165, 1.54) is 7.11 Å². The van der Waals surface area contributed by atoms with Crippen molar-refractivity contribution >= 4 is 5.82 Å². The topological polar surface area (TPSA) is 125 Å². The molecule has 29 heavy (non-hydrogen) atoms. The van der Waals surface area contributed by atoms with E-state index >= 15 is 0 Å². The number of aromatic amines is 1. The first-order valence-electron chi connectivity index (χ1n) is 8.80. The number of nitrogens with zero attached hydrogens (tertiary/aromatic N) is 2. The van der Waals surface area contributed by atoms with Gasteiger partial charge >= 0.3 is 0 Å². The molecule has 0 aliphatic carbocycles. The van der Waals surface area contributed by atoms with E-state index in [2.05, 4.69) is 4.98 Å². The Morgan fingerprint density at radius 3 is 2.41 bits per heavy atom. The molecule has 0 unspecified atom stereocenters. The van der Waals surface area contributed by atoms with Crippen LogP contribution in [0.25, 0.3) is 11.1 Å². The summed E-state index contributed by atoms with van der Waals surface area (Å²) in [5.41, 5.74) is 6.75. The Morgan fingerprint density at radius 1 is 1.03 bits per heavy atom. The van der Waals surface area contributed by atoms with Crippen LogP contribution in [0.1, 0.15) is 16.7 Å². The van der Waals surface area contributed by atoms with E-state index in [1.54, 1.807) is 18.2 Å². The van der Waals surface area contributed by atoms with Crippen LogP contribution in [-0.4, -0.2) is 18.7 Å². The minimum Gasteiger partial charge on any atom is -0.493 e. The molecule has 1 aromatic heterocycles. The van der Waals surface area contributed by atoms with Crippen LogP contribution >= 0.6 is 0 Å². The summed E-state index contributed by atoms with van der Waals surface area (Å²) in [6, 6.07) is 18.7. The average molecular weight is 386 g/mol. The van der Waals surface area contributed by atoms with Gasteiger partial charge in [0.2, 0.25) is 0 Å². The van der Waals surface area contributed by atoms with Gasteiger partial charge in [0.1, 0.15) is 29.1 Å². The Bertz CT molecular complexity index is 1170. The van der Waals surface area contributed by atoms with E-state index in [1.807, 2.05) is 42.5 Å². The standard InChI is InChI=1S/C22H18N4O3/c1-28-19-11-15(20-16(12-23)21(25)26-22(27)17(20)13-24)7-8-18(19)29-10-9-14-5-3-2-4-6-14/h2-8,11H,9-10H2,1H3,(H3,25,26,27). The summed E-state index contributed by atoms with van der Waals surface area (Å²) in [4.78, 5) is 14.4. The smallest absolute Gasteiger partial charge is 0.268 e. The van der Waals surface area contributed by atoms with E-state index in [4.69, 9.17) is 15.2 Å². The SMILES string of the molecule is COc1cc(-c2c(C#N)c(N)[nH]c(=O)c2C#N)ccc1OCCc1ccccc1. The monoisotopic (exact) mass is 386 g/mol. The zero-order chi connectivity index (χ0) is 20.8. The van der Waals surface area contributed by atoms with Crippen molar-refractivity contribution in [3.63, 3.8) is 0 Å². The fourth-order valence-corrected chi connectivity index (χ4v) is 3.00. The van der Waals surface area contributed by atoms with Crippen LogP contribution in [-0.2, 0) is 6.42 Å². The summed E-state index contributed by atoms with van der Waals surface area (Å²) >= 11 is 0. The van der Waals surface area contributed by atoms with E-state index in [-0.39, 0.29) is 22.5 Å². The number of rotatable bonds is 6. The molecule has 7 nitrogen and oxygen atoms in total. The molecule has 0 bridgehead atoms. The normalized spacial score (nSPS) is 10.0. The third-order valence-corrected chi connectivity index (χ3v) is 4.41. The maximum atomic E-state index is 12.1. The number of methoxy groups -OCH3 is 1. The maximum Gasteiger partial charge on any atom is 0.268 e. The third kappa shape index (κ3) is 4.05. The van der Waals surface area contributed by atoms with Gasteiger partial charge in [-0.1, -0.05) is 36.4 Å². The molecule has 0 saturated heterocycles. The zero-order valence-electron chi connectivity index (χ0n) is 15.7. The summed E-state index contributed by atoms with van der Waals surface area (Å²) in [7, 11) is 1.49. The lowest BCUT2D eigenvalue weighted by molar-refractivity contribution is 0.298. The van der Waals surface area contributed by atoms with Gasteiger partial charge in [-0.15, -0.1) is 0 Å². The molecule has 0 fully saturated rings. The Morgan fingerprint density at radius 2 is 1.76 bits per heavy atom. The molecular formula is C22H18N4O3. The molecule has 144 valence electrons. The number of hydrogen-bond donors (Lipinski definition) is 2. The molecular weight excluding hydrogens is 368 g/mol. The minimum atomic E-state index is -0.652. The Labute approximate surface area is 167 Å². The first-order valence-corrected chi connectivity index (χ1v) is 8.80. The van der Waals surface area contributed by atoms with Crippen LogP contribution in [0.15, 0.2) is 53.3 Å². The van der Waals surface area contributed by atoms with Gasteiger partial charge in [-0.3, -0.25) is 4.79 Å². The number of nitrogens with one attached hydrogen (secondary N) is 1. The Balaban J connectivity index is 1.95. The number of nitrogens with two attached hydrogens (primary N) is 1. The molecule has 0 aliphatic rings. The van der Waals surface area contributed by atoms with Crippen molar-refractivity contribution in [2.75, 3.05) is 19.5 Å². The second-order valence-electron chi connectivity index (χ2n) is 6.17. The summed E-state index contributed by atoms with van der Waals surface area (Å²) in [5, 5.41) is 18.9. The number of nitrogen functional groups attached to an aromatic ring is 1. The number of aromatic nitrogens is 1. The summed E-state index contributed by atoms with van der Waals surface area (Å²) in [5.74, 6) is 0.845. The number of nitriles is 2. The van der Waals surface area contributed by atoms with E-state index in [9.17, 15) is 15.3 Å². The van der Waals surface area contributed by atoms with Crippen LogP contribution in [0.2, 0.25) is 0 Å². The largest absolute Gasteiger partial charge is 0.493 e. The van der Waals surface area contributed by atoms with Crippen molar-refractivity contribution < 1.29 is 9.47 Å². The third-order valence-electron chi connectivity index (χ3n) is 4.41. The van der Waals surface area contributed by atoms with E-state index in [0.717, 1.165) is 12.0 Å².